The number of nitrogens with zero attached hydrogens (tertiary/aromatic N) is 3. The third kappa shape index (κ3) is 2.89. The first-order chi connectivity index (χ1) is 9.02. The molecule has 104 valence electrons. The number of amides is 1. The Morgan fingerprint density at radius 3 is 3.00 bits per heavy atom. The fraction of sp³-hybridized carbons (Fsp3) is 0.583. The predicted octanol–water partition coefficient (Wildman–Crippen LogP) is 0.983. The zero-order chi connectivity index (χ0) is 14.0. The Labute approximate surface area is 117 Å². The van der Waals surface area contributed by atoms with E-state index in [0.29, 0.717) is 29.6 Å². The van der Waals surface area contributed by atoms with Crippen LogP contribution in [0.15, 0.2) is 0 Å². The molecule has 0 saturated carbocycles. The lowest BCUT2D eigenvalue weighted by molar-refractivity contribution is -0.124. The molecule has 0 spiro atoms. The van der Waals surface area contributed by atoms with Gasteiger partial charge in [-0.25, -0.2) is 4.98 Å². The minimum absolute atomic E-state index is 0.0208. The van der Waals surface area contributed by atoms with Crippen molar-refractivity contribution < 1.29 is 4.79 Å². The second kappa shape index (κ2) is 5.61. The van der Waals surface area contributed by atoms with E-state index in [0.717, 1.165) is 13.0 Å². The number of hydrogen-bond acceptors (Lipinski definition) is 5. The third-order valence-corrected chi connectivity index (χ3v) is 3.67. The summed E-state index contributed by atoms with van der Waals surface area (Å²) >= 11 is 6.21. The Morgan fingerprint density at radius 1 is 1.58 bits per heavy atom. The van der Waals surface area contributed by atoms with Crippen molar-refractivity contribution in [1.29, 1.82) is 0 Å². The van der Waals surface area contributed by atoms with Crippen LogP contribution < -0.4 is 16.0 Å². The summed E-state index contributed by atoms with van der Waals surface area (Å²) in [7, 11) is 0. The lowest BCUT2D eigenvalue weighted by Gasteiger charge is -2.19. The van der Waals surface area contributed by atoms with E-state index in [1.807, 2.05) is 11.8 Å². The van der Waals surface area contributed by atoms with E-state index in [1.165, 1.54) is 0 Å². The molecule has 0 radical (unpaired) electrons. The van der Waals surface area contributed by atoms with Gasteiger partial charge in [-0.1, -0.05) is 11.6 Å². The number of nitrogens with one attached hydrogen (secondary N) is 1. The van der Waals surface area contributed by atoms with Gasteiger partial charge in [0.1, 0.15) is 5.02 Å². The Balaban J connectivity index is 2.15. The number of carbonyl (C=O) groups excluding carboxylic acids is 1. The summed E-state index contributed by atoms with van der Waals surface area (Å²) in [6.07, 6.45) is 0.797. The van der Waals surface area contributed by atoms with Gasteiger partial charge >= 0.3 is 0 Å². The standard InChI is InChI=1S/C12H18ClN5O/c1-3-15-11(19)8-4-5-18(6-8)10-9(13)7(2)16-12(14)17-10/h8H,3-6H2,1-2H3,(H,15,19)(H2,14,16,17). The van der Waals surface area contributed by atoms with Gasteiger partial charge in [0, 0.05) is 19.6 Å². The van der Waals surface area contributed by atoms with Crippen molar-refractivity contribution >= 4 is 29.3 Å². The van der Waals surface area contributed by atoms with Crippen LogP contribution >= 0.6 is 11.6 Å². The molecular formula is C12H18ClN5O. The number of anilines is 2. The first-order valence-corrected chi connectivity index (χ1v) is 6.73. The largest absolute Gasteiger partial charge is 0.368 e. The molecule has 0 bridgehead atoms. The van der Waals surface area contributed by atoms with Crippen LogP contribution in [0.5, 0.6) is 0 Å². The average Bonchev–Trinajstić information content (AvgIpc) is 2.83. The number of rotatable bonds is 3. The Kier molecular flexibility index (Phi) is 4.09. The molecule has 0 aromatic carbocycles. The van der Waals surface area contributed by atoms with Gasteiger partial charge in [-0.05, 0) is 20.3 Å². The van der Waals surface area contributed by atoms with Crippen LogP contribution in [-0.2, 0) is 4.79 Å². The summed E-state index contributed by atoms with van der Waals surface area (Å²) in [6.45, 7) is 5.71. The van der Waals surface area contributed by atoms with E-state index < -0.39 is 0 Å². The van der Waals surface area contributed by atoms with E-state index in [1.54, 1.807) is 6.92 Å². The Bertz CT molecular complexity index is 493. The summed E-state index contributed by atoms with van der Waals surface area (Å²) in [5.74, 6) is 0.893. The molecule has 1 aliphatic rings. The van der Waals surface area contributed by atoms with Crippen LogP contribution in [-0.4, -0.2) is 35.5 Å². The van der Waals surface area contributed by atoms with Crippen molar-refractivity contribution in [3.63, 3.8) is 0 Å². The van der Waals surface area contributed by atoms with E-state index >= 15 is 0 Å². The first kappa shape index (κ1) is 13.9. The quantitative estimate of drug-likeness (QED) is 0.864. The van der Waals surface area contributed by atoms with Gasteiger partial charge in [-0.2, -0.15) is 4.98 Å². The van der Waals surface area contributed by atoms with Gasteiger partial charge in [0.2, 0.25) is 11.9 Å². The van der Waals surface area contributed by atoms with Crippen molar-refractivity contribution in [3.05, 3.63) is 10.7 Å². The van der Waals surface area contributed by atoms with Gasteiger partial charge in [-0.3, -0.25) is 4.79 Å². The third-order valence-electron chi connectivity index (χ3n) is 3.23. The second-order valence-corrected chi connectivity index (χ2v) is 5.01. The summed E-state index contributed by atoms with van der Waals surface area (Å²) in [6, 6.07) is 0. The van der Waals surface area contributed by atoms with Crippen LogP contribution in [0.2, 0.25) is 5.02 Å². The monoisotopic (exact) mass is 283 g/mol. The first-order valence-electron chi connectivity index (χ1n) is 6.35. The van der Waals surface area contributed by atoms with Crippen molar-refractivity contribution in [3.8, 4) is 0 Å². The number of hydrogen-bond donors (Lipinski definition) is 2. The minimum Gasteiger partial charge on any atom is -0.368 e. The number of halogens is 1. The number of aryl methyl sites for hydroxylation is 1. The van der Waals surface area contributed by atoms with Crippen LogP contribution in [0.4, 0.5) is 11.8 Å². The van der Waals surface area contributed by atoms with Gasteiger partial charge in [0.15, 0.2) is 5.82 Å². The molecule has 2 heterocycles. The highest BCUT2D eigenvalue weighted by atomic mass is 35.5. The number of nitrogens with two attached hydrogens (primary N) is 1. The zero-order valence-corrected chi connectivity index (χ0v) is 11.9. The fourth-order valence-corrected chi connectivity index (χ4v) is 2.46. The molecule has 19 heavy (non-hydrogen) atoms. The highest BCUT2D eigenvalue weighted by Gasteiger charge is 2.30. The average molecular weight is 284 g/mol. The number of aromatic nitrogens is 2. The highest BCUT2D eigenvalue weighted by molar-refractivity contribution is 6.33. The number of carbonyl (C=O) groups is 1. The van der Waals surface area contributed by atoms with Crippen molar-refractivity contribution in [2.24, 2.45) is 5.92 Å². The van der Waals surface area contributed by atoms with Crippen LogP contribution in [0, 0.1) is 12.8 Å². The summed E-state index contributed by atoms with van der Waals surface area (Å²) in [5, 5.41) is 3.35. The molecule has 3 N–H and O–H groups in total. The van der Waals surface area contributed by atoms with Gasteiger partial charge < -0.3 is 16.0 Å². The van der Waals surface area contributed by atoms with Crippen molar-refractivity contribution in [1.82, 2.24) is 15.3 Å². The molecule has 0 aliphatic carbocycles. The molecule has 1 saturated heterocycles. The molecule has 1 unspecified atom stereocenters. The molecule has 1 aliphatic heterocycles. The molecule has 7 heteroatoms. The predicted molar refractivity (Wildman–Crippen MR) is 75.2 cm³/mol. The zero-order valence-electron chi connectivity index (χ0n) is 11.1. The summed E-state index contributed by atoms with van der Waals surface area (Å²) < 4.78 is 0. The molecule has 1 amide bonds. The van der Waals surface area contributed by atoms with E-state index in [9.17, 15) is 4.79 Å². The van der Waals surface area contributed by atoms with E-state index in [4.69, 9.17) is 17.3 Å². The van der Waals surface area contributed by atoms with Gasteiger partial charge in [0.25, 0.3) is 0 Å². The maximum Gasteiger partial charge on any atom is 0.224 e. The summed E-state index contributed by atoms with van der Waals surface area (Å²) in [5.41, 5.74) is 6.31. The molecule has 1 fully saturated rings. The maximum absolute atomic E-state index is 11.8. The van der Waals surface area contributed by atoms with Gasteiger partial charge in [0.05, 0.1) is 11.6 Å². The van der Waals surface area contributed by atoms with Crippen LogP contribution in [0.3, 0.4) is 0 Å². The lowest BCUT2D eigenvalue weighted by atomic mass is 10.1. The molecule has 6 nitrogen and oxygen atoms in total. The van der Waals surface area contributed by atoms with Crippen LogP contribution in [0.25, 0.3) is 0 Å². The van der Waals surface area contributed by atoms with Crippen LogP contribution in [0.1, 0.15) is 19.0 Å². The van der Waals surface area contributed by atoms with Crippen molar-refractivity contribution in [2.45, 2.75) is 20.3 Å². The fourth-order valence-electron chi connectivity index (χ4n) is 2.26. The van der Waals surface area contributed by atoms with E-state index in [-0.39, 0.29) is 17.8 Å². The lowest BCUT2D eigenvalue weighted by Crippen LogP contribution is -2.32. The normalized spacial score (nSPS) is 18.7. The Morgan fingerprint density at radius 2 is 2.32 bits per heavy atom. The van der Waals surface area contributed by atoms with Gasteiger partial charge in [-0.15, -0.1) is 0 Å². The minimum atomic E-state index is -0.0208. The molecule has 1 atom stereocenters. The molecule has 1 aromatic rings. The molecular weight excluding hydrogens is 266 g/mol. The van der Waals surface area contributed by atoms with Crippen molar-refractivity contribution in [2.75, 3.05) is 30.3 Å². The molecule has 1 aromatic heterocycles. The highest BCUT2D eigenvalue weighted by Crippen LogP contribution is 2.30. The topological polar surface area (TPSA) is 84.1 Å². The van der Waals surface area contributed by atoms with E-state index in [2.05, 4.69) is 15.3 Å². The maximum atomic E-state index is 11.8. The second-order valence-electron chi connectivity index (χ2n) is 4.63. The molecule has 2 rings (SSSR count). The SMILES string of the molecule is CCNC(=O)C1CCN(c2nc(N)nc(C)c2Cl)C1. The number of nitrogen functional groups attached to an aromatic ring is 1. The summed E-state index contributed by atoms with van der Waals surface area (Å²) in [4.78, 5) is 22.0. The Hall–Kier alpha value is -1.56. The smallest absolute Gasteiger partial charge is 0.224 e.